The van der Waals surface area contributed by atoms with E-state index < -0.39 is 18.4 Å². The van der Waals surface area contributed by atoms with Gasteiger partial charge in [-0.25, -0.2) is 0 Å². The predicted molar refractivity (Wildman–Crippen MR) is 129 cm³/mol. The van der Waals surface area contributed by atoms with Gasteiger partial charge in [0.15, 0.2) is 0 Å². The van der Waals surface area contributed by atoms with Crippen molar-refractivity contribution in [3.8, 4) is 0 Å². The second kappa shape index (κ2) is 11.2. The van der Waals surface area contributed by atoms with Gasteiger partial charge in [0.1, 0.15) is 0 Å². The number of hydrogen-bond donors (Lipinski definition) is 1. The van der Waals surface area contributed by atoms with E-state index in [0.29, 0.717) is 0 Å². The van der Waals surface area contributed by atoms with Crippen molar-refractivity contribution in [2.24, 2.45) is 5.92 Å². The van der Waals surface area contributed by atoms with E-state index in [-0.39, 0.29) is 0 Å². The molecule has 0 aliphatic heterocycles. The van der Waals surface area contributed by atoms with Crippen LogP contribution >= 0.6 is 24.0 Å². The van der Waals surface area contributed by atoms with E-state index in [4.69, 9.17) is 12.6 Å². The van der Waals surface area contributed by atoms with Crippen LogP contribution in [0.15, 0.2) is 38.9 Å². The first-order valence-electron chi connectivity index (χ1n) is 9.97. The van der Waals surface area contributed by atoms with Gasteiger partial charge in [0.2, 0.25) is 0 Å². The van der Waals surface area contributed by atoms with Crippen LogP contribution in [-0.2, 0) is 6.42 Å². The van der Waals surface area contributed by atoms with Gasteiger partial charge in [-0.2, -0.15) is 0 Å². The van der Waals surface area contributed by atoms with Gasteiger partial charge in [-0.05, 0) is 0 Å². The second-order valence-electron chi connectivity index (χ2n) is 8.45. The van der Waals surface area contributed by atoms with Crippen LogP contribution in [0.4, 0.5) is 0 Å². The van der Waals surface area contributed by atoms with Crippen molar-refractivity contribution < 1.29 is 0 Å². The van der Waals surface area contributed by atoms with E-state index in [2.05, 4.69) is 67.3 Å². The van der Waals surface area contributed by atoms with Gasteiger partial charge >= 0.3 is 170 Å². The molecule has 3 heteroatoms. The first-order chi connectivity index (χ1) is 12.1. The molecule has 0 nitrogen and oxygen atoms in total. The summed E-state index contributed by atoms with van der Waals surface area (Å²) in [6.45, 7) is 13.4. The molecule has 1 rings (SSSR count). The predicted octanol–water partition coefficient (Wildman–Crippen LogP) is 8.55. The maximum absolute atomic E-state index is 4.70. The molecule has 1 aromatic heterocycles. The van der Waals surface area contributed by atoms with Crippen molar-refractivity contribution in [3.05, 3.63) is 48.6 Å². The first-order valence-corrected chi connectivity index (χ1v) is 21.2. The molecule has 0 aromatic carbocycles. The summed E-state index contributed by atoms with van der Waals surface area (Å²) in [5.41, 5.74) is 2.34. The fourth-order valence-corrected chi connectivity index (χ4v) is 6.30. The van der Waals surface area contributed by atoms with E-state index in [1.807, 2.05) is 11.3 Å². The molecular formula is C23H38S2Sn. The van der Waals surface area contributed by atoms with Gasteiger partial charge in [0, 0.05) is 0 Å². The Morgan fingerprint density at radius 2 is 1.88 bits per heavy atom. The minimum absolute atomic E-state index is 0.811. The van der Waals surface area contributed by atoms with Crippen LogP contribution < -0.4 is 0 Å². The van der Waals surface area contributed by atoms with Gasteiger partial charge in [-0.1, -0.05) is 6.92 Å². The summed E-state index contributed by atoms with van der Waals surface area (Å²) < 4.78 is 1.55. The van der Waals surface area contributed by atoms with Gasteiger partial charge < -0.3 is 0 Å². The summed E-state index contributed by atoms with van der Waals surface area (Å²) in [5.74, 6) is 0.811. The molecule has 0 amide bonds. The quantitative estimate of drug-likeness (QED) is 0.187. The number of hydrogen-bond acceptors (Lipinski definition) is 2. The topological polar surface area (TPSA) is 0 Å². The molecule has 0 aliphatic carbocycles. The summed E-state index contributed by atoms with van der Waals surface area (Å²) in [4.78, 5) is 11.2. The van der Waals surface area contributed by atoms with Crippen molar-refractivity contribution >= 4 is 47.9 Å². The molecule has 0 N–H and O–H groups in total. The van der Waals surface area contributed by atoms with E-state index in [9.17, 15) is 0 Å². The summed E-state index contributed by atoms with van der Waals surface area (Å²) in [6, 6.07) is 4.59. The third-order valence-electron chi connectivity index (χ3n) is 5.20. The van der Waals surface area contributed by atoms with Crippen LogP contribution in [0.2, 0.25) is 14.8 Å². The standard InChI is InChI=1S/C20H29S2.3CH3.Sn/c1-6-9-11-17(8-3)14-18-12-13-19(22-18)20(16(5)21)15(4)10-7-2;;;;/h10,12-13,17,21H,4,6,8-9,11,14H2,1-3,5H3;3*1H3;/b10-7?,20-16-;;;;. The fraction of sp³-hybridized carbons (Fsp3) is 0.565. The van der Waals surface area contributed by atoms with Gasteiger partial charge in [0.25, 0.3) is 0 Å². The van der Waals surface area contributed by atoms with Crippen LogP contribution in [0.25, 0.3) is 5.57 Å². The Morgan fingerprint density at radius 3 is 2.38 bits per heavy atom. The Kier molecular flexibility index (Phi) is 10.4. The molecule has 0 aliphatic rings. The van der Waals surface area contributed by atoms with Crippen molar-refractivity contribution in [3.63, 3.8) is 0 Å². The fourth-order valence-electron chi connectivity index (χ4n) is 2.97. The molecule has 1 unspecified atom stereocenters. The average molecular weight is 497 g/mol. The zero-order chi connectivity index (χ0) is 19.9. The summed E-state index contributed by atoms with van der Waals surface area (Å²) in [5, 5.41) is 0. The molecular weight excluding hydrogens is 459 g/mol. The van der Waals surface area contributed by atoms with Crippen LogP contribution in [0, 0.1) is 5.92 Å². The van der Waals surface area contributed by atoms with E-state index in [0.717, 1.165) is 16.4 Å². The molecule has 0 bridgehead atoms. The Balaban J connectivity index is 3.02. The van der Waals surface area contributed by atoms with Crippen LogP contribution in [0.1, 0.15) is 63.1 Å². The third kappa shape index (κ3) is 7.59. The number of thiol groups is 1. The average Bonchev–Trinajstić information content (AvgIpc) is 2.98. The first kappa shape index (κ1) is 24.1. The molecule has 146 valence electrons. The zero-order valence-electron chi connectivity index (χ0n) is 17.9. The van der Waals surface area contributed by atoms with E-state index in [1.54, 1.807) is 3.59 Å². The molecule has 0 saturated carbocycles. The second-order valence-corrected chi connectivity index (χ2v) is 25.4. The summed E-state index contributed by atoms with van der Waals surface area (Å²) in [6.07, 6.45) is 8.79. The van der Waals surface area contributed by atoms with Crippen LogP contribution in [0.3, 0.4) is 0 Å². The van der Waals surface area contributed by atoms with Gasteiger partial charge in [-0.3, -0.25) is 0 Å². The molecule has 26 heavy (non-hydrogen) atoms. The SMILES string of the molecule is C=C(/C=[C](\C)[Sn]([CH3])([CH3])[CH3])/C(=C(\C)S)c1ccc(CC(CC)CCCC)s1. The van der Waals surface area contributed by atoms with Crippen molar-refractivity contribution in [1.29, 1.82) is 0 Å². The Morgan fingerprint density at radius 1 is 1.23 bits per heavy atom. The molecule has 0 radical (unpaired) electrons. The molecule has 0 saturated heterocycles. The molecule has 1 atom stereocenters. The summed E-state index contributed by atoms with van der Waals surface area (Å²) >= 11 is 4.60. The van der Waals surface area contributed by atoms with Crippen LogP contribution in [-0.4, -0.2) is 18.4 Å². The molecule has 1 heterocycles. The Labute approximate surface area is 176 Å². The number of rotatable bonds is 10. The zero-order valence-corrected chi connectivity index (χ0v) is 22.5. The van der Waals surface area contributed by atoms with Crippen molar-refractivity contribution in [2.45, 2.75) is 74.6 Å². The van der Waals surface area contributed by atoms with E-state index >= 15 is 0 Å². The molecule has 0 spiro atoms. The monoisotopic (exact) mass is 498 g/mol. The van der Waals surface area contributed by atoms with E-state index in [1.165, 1.54) is 47.4 Å². The third-order valence-corrected chi connectivity index (χ3v) is 13.7. The maximum atomic E-state index is 4.70. The molecule has 0 fully saturated rings. The van der Waals surface area contributed by atoms with Crippen molar-refractivity contribution in [1.82, 2.24) is 0 Å². The van der Waals surface area contributed by atoms with Gasteiger partial charge in [0.05, 0.1) is 0 Å². The van der Waals surface area contributed by atoms with Gasteiger partial charge in [-0.15, -0.1) is 0 Å². The Bertz CT molecular complexity index is 652. The number of allylic oxidation sites excluding steroid dienone is 5. The Hall–Kier alpha value is 0.0687. The number of unbranched alkanes of at least 4 members (excludes halogenated alkanes) is 1. The molecule has 1 aromatic rings. The summed E-state index contributed by atoms with van der Waals surface area (Å²) in [7, 11) is 0. The number of thiophene rings is 1. The van der Waals surface area contributed by atoms with Crippen molar-refractivity contribution in [2.75, 3.05) is 0 Å². The van der Waals surface area contributed by atoms with Crippen LogP contribution in [0.5, 0.6) is 0 Å². The normalized spacial score (nSPS) is 15.0. The minimum atomic E-state index is -2.02.